The maximum atomic E-state index is 9.82. The average Bonchev–Trinajstić information content (AvgIpc) is 2.20. The minimum Gasteiger partial charge on any atom is -0.466 e. The fourth-order valence-corrected chi connectivity index (χ4v) is 0.874. The number of ether oxygens (including phenoxy) is 1. The Balaban J connectivity index is -0.000000180. The summed E-state index contributed by atoms with van der Waals surface area (Å²) in [5, 5.41) is 0. The van der Waals surface area contributed by atoms with Crippen LogP contribution in [0.15, 0.2) is 0 Å². The molecule has 0 amide bonds. The molecule has 0 bridgehead atoms. The number of rotatable bonds is 4. The number of nitrogens with zero attached hydrogens (tertiary/aromatic N) is 1. The van der Waals surface area contributed by atoms with Gasteiger partial charge in [0.2, 0.25) is 0 Å². The monoisotopic (exact) mass is 247 g/mol. The molecule has 0 aromatic carbocycles. The highest BCUT2D eigenvalue weighted by molar-refractivity contribution is 5.72. The predicted octanol–water partition coefficient (Wildman–Crippen LogP) is 2.51. The van der Waals surface area contributed by atoms with Crippen molar-refractivity contribution in [2.45, 2.75) is 48.5 Å². The lowest BCUT2D eigenvalue weighted by molar-refractivity contribution is -0.140. The highest BCUT2D eigenvalue weighted by Gasteiger charge is 1.89. The van der Waals surface area contributed by atoms with Gasteiger partial charge >= 0.3 is 5.97 Å². The lowest BCUT2D eigenvalue weighted by Gasteiger charge is -2.13. The zero-order valence-electron chi connectivity index (χ0n) is 12.5. The van der Waals surface area contributed by atoms with Crippen LogP contribution in [0.4, 0.5) is 0 Å². The summed E-state index contributed by atoms with van der Waals surface area (Å²) in [7, 11) is 0. The first kappa shape index (κ1) is 21.4. The van der Waals surface area contributed by atoms with E-state index < -0.39 is 0 Å². The highest BCUT2D eigenvalue weighted by Crippen LogP contribution is 1.81. The highest BCUT2D eigenvalue weighted by atomic mass is 16.5. The van der Waals surface area contributed by atoms with Crippen LogP contribution < -0.4 is 0 Å². The molecule has 0 fully saturated rings. The molecule has 0 aliphatic rings. The Morgan fingerprint density at radius 2 is 1.18 bits per heavy atom. The van der Waals surface area contributed by atoms with Crippen LogP contribution >= 0.6 is 0 Å². The van der Waals surface area contributed by atoms with Crippen molar-refractivity contribution < 1.29 is 14.3 Å². The largest absolute Gasteiger partial charge is 0.466 e. The molecule has 0 aliphatic carbocycles. The summed E-state index contributed by atoms with van der Waals surface area (Å²) in [5.74, 6) is -0.0440. The predicted molar refractivity (Wildman–Crippen MR) is 72.1 cm³/mol. The Labute approximate surface area is 106 Å². The van der Waals surface area contributed by atoms with E-state index in [1.807, 2.05) is 0 Å². The maximum absolute atomic E-state index is 9.82. The van der Waals surface area contributed by atoms with Gasteiger partial charge in [0.25, 0.3) is 0 Å². The van der Waals surface area contributed by atoms with Gasteiger partial charge in [0.15, 0.2) is 0 Å². The standard InChI is InChI=1S/C6H15N.C4H8O2.C3H6O/c1-4-7(5-2)6-3;1-3-6-4(2)5;1-3(2)4/h4-6H2,1-3H3;3H2,1-2H3;1-2H3. The Morgan fingerprint density at radius 3 is 1.18 bits per heavy atom. The van der Waals surface area contributed by atoms with E-state index >= 15 is 0 Å². The second kappa shape index (κ2) is 17.5. The van der Waals surface area contributed by atoms with E-state index in [1.165, 1.54) is 40.4 Å². The summed E-state index contributed by atoms with van der Waals surface area (Å²) in [6, 6.07) is 0. The normalized spacial score (nSPS) is 8.47. The molecule has 0 radical (unpaired) electrons. The molecule has 0 heterocycles. The fourth-order valence-electron chi connectivity index (χ4n) is 0.874. The summed E-state index contributed by atoms with van der Waals surface area (Å²) in [6.45, 7) is 16.8. The quantitative estimate of drug-likeness (QED) is 0.716. The minimum atomic E-state index is -0.211. The van der Waals surface area contributed by atoms with Gasteiger partial charge in [-0.05, 0) is 40.4 Å². The van der Waals surface area contributed by atoms with Crippen molar-refractivity contribution in [3.05, 3.63) is 0 Å². The van der Waals surface area contributed by atoms with Crippen molar-refractivity contribution in [3.63, 3.8) is 0 Å². The van der Waals surface area contributed by atoms with Crippen LogP contribution in [0.1, 0.15) is 48.5 Å². The Kier molecular flexibility index (Phi) is 22.0. The SMILES string of the molecule is CC(C)=O.CCN(CC)CC.CCOC(C)=O. The molecule has 0 aromatic heterocycles. The summed E-state index contributed by atoms with van der Waals surface area (Å²) < 4.78 is 4.40. The van der Waals surface area contributed by atoms with Gasteiger partial charge < -0.3 is 14.4 Å². The third-order valence-corrected chi connectivity index (χ3v) is 1.69. The average molecular weight is 247 g/mol. The minimum absolute atomic E-state index is 0.167. The summed E-state index contributed by atoms with van der Waals surface area (Å²) in [6.07, 6.45) is 0. The van der Waals surface area contributed by atoms with Crippen LogP contribution in [0.3, 0.4) is 0 Å². The number of Topliss-reactive ketones (excluding diaryl/α,β-unsaturated/α-hetero) is 1. The number of hydrogen-bond acceptors (Lipinski definition) is 4. The van der Waals surface area contributed by atoms with Gasteiger partial charge in [-0.25, -0.2) is 0 Å². The van der Waals surface area contributed by atoms with Crippen molar-refractivity contribution >= 4 is 11.8 Å². The smallest absolute Gasteiger partial charge is 0.302 e. The lowest BCUT2D eigenvalue weighted by atomic mass is 10.5. The summed E-state index contributed by atoms with van der Waals surface area (Å²) in [5.41, 5.74) is 0. The molecule has 0 aliphatic heterocycles. The van der Waals surface area contributed by atoms with Crippen molar-refractivity contribution in [2.75, 3.05) is 26.2 Å². The number of esters is 1. The first-order valence-electron chi connectivity index (χ1n) is 6.18. The van der Waals surface area contributed by atoms with Crippen molar-refractivity contribution in [1.29, 1.82) is 0 Å². The third kappa shape index (κ3) is 39.5. The van der Waals surface area contributed by atoms with E-state index in [0.29, 0.717) is 6.61 Å². The zero-order chi connectivity index (χ0) is 14.3. The molecule has 4 heteroatoms. The number of ketones is 1. The Hall–Kier alpha value is -0.900. The van der Waals surface area contributed by atoms with Gasteiger partial charge in [-0.1, -0.05) is 20.8 Å². The van der Waals surface area contributed by atoms with E-state index in [2.05, 4.69) is 30.4 Å². The van der Waals surface area contributed by atoms with E-state index in [-0.39, 0.29) is 11.8 Å². The van der Waals surface area contributed by atoms with Gasteiger partial charge in [-0.2, -0.15) is 0 Å². The van der Waals surface area contributed by atoms with Gasteiger partial charge in [0.1, 0.15) is 5.78 Å². The van der Waals surface area contributed by atoms with Crippen LogP contribution in [0.5, 0.6) is 0 Å². The fraction of sp³-hybridized carbons (Fsp3) is 0.846. The molecule has 4 nitrogen and oxygen atoms in total. The van der Waals surface area contributed by atoms with E-state index in [4.69, 9.17) is 0 Å². The molecule has 0 saturated carbocycles. The molecule has 0 N–H and O–H groups in total. The van der Waals surface area contributed by atoms with Crippen LogP contribution in [0.25, 0.3) is 0 Å². The van der Waals surface area contributed by atoms with Crippen molar-refractivity contribution in [2.24, 2.45) is 0 Å². The molecule has 104 valence electrons. The van der Waals surface area contributed by atoms with Crippen LogP contribution in [-0.2, 0) is 14.3 Å². The van der Waals surface area contributed by atoms with Gasteiger partial charge in [0.05, 0.1) is 6.61 Å². The first-order valence-corrected chi connectivity index (χ1v) is 6.18. The molecule has 0 unspecified atom stereocenters. The number of carbonyl (C=O) groups excluding carboxylic acids is 2. The molecular formula is C13H29NO3. The zero-order valence-corrected chi connectivity index (χ0v) is 12.5. The molecule has 0 spiro atoms. The topological polar surface area (TPSA) is 46.6 Å². The molecule has 0 rings (SSSR count). The molecule has 0 saturated heterocycles. The summed E-state index contributed by atoms with van der Waals surface area (Å²) >= 11 is 0. The lowest BCUT2D eigenvalue weighted by Crippen LogP contribution is -2.21. The third-order valence-electron chi connectivity index (χ3n) is 1.69. The molecule has 0 aromatic rings. The van der Waals surface area contributed by atoms with Gasteiger partial charge in [0, 0.05) is 6.92 Å². The second-order valence-corrected chi connectivity index (χ2v) is 3.45. The van der Waals surface area contributed by atoms with Crippen LogP contribution in [0.2, 0.25) is 0 Å². The van der Waals surface area contributed by atoms with Crippen LogP contribution in [-0.4, -0.2) is 42.9 Å². The second-order valence-electron chi connectivity index (χ2n) is 3.45. The van der Waals surface area contributed by atoms with Crippen LogP contribution in [0, 0.1) is 0 Å². The Bertz CT molecular complexity index is 168. The van der Waals surface area contributed by atoms with E-state index in [1.54, 1.807) is 6.92 Å². The van der Waals surface area contributed by atoms with Gasteiger partial charge in [-0.3, -0.25) is 4.79 Å². The number of hydrogen-bond donors (Lipinski definition) is 0. The Morgan fingerprint density at radius 1 is 0.882 bits per heavy atom. The van der Waals surface area contributed by atoms with Crippen molar-refractivity contribution in [3.8, 4) is 0 Å². The maximum Gasteiger partial charge on any atom is 0.302 e. The summed E-state index contributed by atoms with van der Waals surface area (Å²) in [4.78, 5) is 21.6. The number of carbonyl (C=O) groups is 2. The molecular weight excluding hydrogens is 218 g/mol. The molecule has 0 atom stereocenters. The van der Waals surface area contributed by atoms with Gasteiger partial charge in [-0.15, -0.1) is 0 Å². The molecule has 17 heavy (non-hydrogen) atoms. The first-order chi connectivity index (χ1) is 7.85. The van der Waals surface area contributed by atoms with E-state index in [0.717, 1.165) is 0 Å². The van der Waals surface area contributed by atoms with Crippen molar-refractivity contribution in [1.82, 2.24) is 4.90 Å². The van der Waals surface area contributed by atoms with E-state index in [9.17, 15) is 9.59 Å².